The standard InChI is InChI=1S/C21H27N7/c1-22-21(24-14-17-9-11-23-20(13-17)27(2)3)25-15-18-7-4-5-8-19(18)16-28-12-6-10-26-28/h4-13H,14-16H2,1-3H3,(H2,22,24,25). The van der Waals surface area contributed by atoms with Crippen molar-refractivity contribution in [1.29, 1.82) is 0 Å². The molecular weight excluding hydrogens is 350 g/mol. The van der Waals surface area contributed by atoms with E-state index in [4.69, 9.17) is 0 Å². The summed E-state index contributed by atoms with van der Waals surface area (Å²) >= 11 is 0. The summed E-state index contributed by atoms with van der Waals surface area (Å²) in [5.74, 6) is 1.70. The fourth-order valence-corrected chi connectivity index (χ4v) is 2.85. The number of rotatable bonds is 7. The van der Waals surface area contributed by atoms with Gasteiger partial charge >= 0.3 is 0 Å². The van der Waals surface area contributed by atoms with Crippen LogP contribution < -0.4 is 15.5 Å². The van der Waals surface area contributed by atoms with Gasteiger partial charge in [0, 0.05) is 52.8 Å². The molecule has 2 heterocycles. The molecule has 2 N–H and O–H groups in total. The van der Waals surface area contributed by atoms with Gasteiger partial charge in [-0.3, -0.25) is 9.67 Å². The van der Waals surface area contributed by atoms with Gasteiger partial charge in [0.05, 0.1) is 6.54 Å². The zero-order valence-corrected chi connectivity index (χ0v) is 16.6. The van der Waals surface area contributed by atoms with Crippen LogP contribution in [0.25, 0.3) is 0 Å². The SMILES string of the molecule is CN=C(NCc1ccnc(N(C)C)c1)NCc1ccccc1Cn1cccn1. The summed E-state index contributed by atoms with van der Waals surface area (Å²) in [5, 5.41) is 11.1. The van der Waals surface area contributed by atoms with Gasteiger partial charge in [0.1, 0.15) is 5.82 Å². The summed E-state index contributed by atoms with van der Waals surface area (Å²) < 4.78 is 1.93. The first-order valence-corrected chi connectivity index (χ1v) is 9.26. The number of aromatic nitrogens is 3. The molecule has 0 aliphatic heterocycles. The summed E-state index contributed by atoms with van der Waals surface area (Å²) in [7, 11) is 5.75. The lowest BCUT2D eigenvalue weighted by Gasteiger charge is -2.15. The highest BCUT2D eigenvalue weighted by atomic mass is 15.3. The number of nitrogens with zero attached hydrogens (tertiary/aromatic N) is 5. The van der Waals surface area contributed by atoms with Crippen LogP contribution in [0.5, 0.6) is 0 Å². The van der Waals surface area contributed by atoms with Gasteiger partial charge < -0.3 is 15.5 Å². The number of benzene rings is 1. The number of hydrogen-bond donors (Lipinski definition) is 2. The molecule has 0 amide bonds. The molecule has 0 aliphatic rings. The highest BCUT2D eigenvalue weighted by Crippen LogP contribution is 2.11. The maximum absolute atomic E-state index is 4.35. The number of guanidine groups is 1. The van der Waals surface area contributed by atoms with Crippen molar-refractivity contribution in [2.45, 2.75) is 19.6 Å². The Labute approximate surface area is 166 Å². The largest absolute Gasteiger partial charge is 0.363 e. The van der Waals surface area contributed by atoms with Crippen LogP contribution in [-0.4, -0.2) is 41.9 Å². The van der Waals surface area contributed by atoms with Gasteiger partial charge in [-0.1, -0.05) is 24.3 Å². The number of aliphatic imine (C=N–C) groups is 1. The Morgan fingerprint density at radius 1 is 1.04 bits per heavy atom. The van der Waals surface area contributed by atoms with Crippen LogP contribution >= 0.6 is 0 Å². The molecule has 0 atom stereocenters. The molecular formula is C21H27N7. The third-order valence-corrected chi connectivity index (χ3v) is 4.41. The quantitative estimate of drug-likeness (QED) is 0.488. The second kappa shape index (κ2) is 9.55. The first-order chi connectivity index (χ1) is 13.7. The highest BCUT2D eigenvalue weighted by Gasteiger charge is 2.05. The van der Waals surface area contributed by atoms with Gasteiger partial charge in [-0.05, 0) is 34.9 Å². The molecule has 146 valence electrons. The molecule has 7 heteroatoms. The lowest BCUT2D eigenvalue weighted by Crippen LogP contribution is -2.36. The molecule has 0 aliphatic carbocycles. The summed E-state index contributed by atoms with van der Waals surface area (Å²) in [6.07, 6.45) is 5.60. The van der Waals surface area contributed by atoms with Crippen LogP contribution in [0.1, 0.15) is 16.7 Å². The van der Waals surface area contributed by atoms with Crippen LogP contribution in [0, 0.1) is 0 Å². The smallest absolute Gasteiger partial charge is 0.191 e. The second-order valence-electron chi connectivity index (χ2n) is 6.67. The maximum Gasteiger partial charge on any atom is 0.191 e. The van der Waals surface area contributed by atoms with E-state index in [-0.39, 0.29) is 0 Å². The Bertz CT molecular complexity index is 901. The number of anilines is 1. The maximum atomic E-state index is 4.35. The summed E-state index contributed by atoms with van der Waals surface area (Å²) in [6, 6.07) is 14.4. The Hall–Kier alpha value is -3.35. The van der Waals surface area contributed by atoms with Crippen LogP contribution in [0.3, 0.4) is 0 Å². The third kappa shape index (κ3) is 5.33. The molecule has 3 rings (SSSR count). The van der Waals surface area contributed by atoms with Crippen LogP contribution in [0.15, 0.2) is 66.0 Å². The van der Waals surface area contributed by atoms with Crippen molar-refractivity contribution in [3.63, 3.8) is 0 Å². The molecule has 0 spiro atoms. The number of hydrogen-bond acceptors (Lipinski definition) is 4. The second-order valence-corrected chi connectivity index (χ2v) is 6.67. The zero-order chi connectivity index (χ0) is 19.8. The molecule has 0 fully saturated rings. The Kier molecular flexibility index (Phi) is 6.62. The molecule has 7 nitrogen and oxygen atoms in total. The van der Waals surface area contributed by atoms with Crippen molar-refractivity contribution in [3.8, 4) is 0 Å². The van der Waals surface area contributed by atoms with E-state index in [9.17, 15) is 0 Å². The van der Waals surface area contributed by atoms with Gasteiger partial charge in [-0.15, -0.1) is 0 Å². The molecule has 28 heavy (non-hydrogen) atoms. The predicted molar refractivity (Wildman–Crippen MR) is 113 cm³/mol. The minimum atomic E-state index is 0.679. The topological polar surface area (TPSA) is 70.4 Å². The summed E-state index contributed by atoms with van der Waals surface area (Å²) in [5.41, 5.74) is 3.61. The van der Waals surface area contributed by atoms with Crippen LogP contribution in [-0.2, 0) is 19.6 Å². The van der Waals surface area contributed by atoms with E-state index in [1.54, 1.807) is 13.2 Å². The average molecular weight is 377 g/mol. The monoisotopic (exact) mass is 377 g/mol. The minimum absolute atomic E-state index is 0.679. The van der Waals surface area contributed by atoms with Crippen LogP contribution in [0.2, 0.25) is 0 Å². The van der Waals surface area contributed by atoms with Gasteiger partial charge in [0.25, 0.3) is 0 Å². The Morgan fingerprint density at radius 3 is 2.54 bits per heavy atom. The fraction of sp³-hybridized carbons (Fsp3) is 0.286. The highest BCUT2D eigenvalue weighted by molar-refractivity contribution is 5.79. The van der Waals surface area contributed by atoms with Crippen molar-refractivity contribution in [2.24, 2.45) is 4.99 Å². The molecule has 2 aromatic heterocycles. The first kappa shape index (κ1) is 19.4. The number of pyridine rings is 1. The van der Waals surface area contributed by atoms with Crippen LogP contribution in [0.4, 0.5) is 5.82 Å². The van der Waals surface area contributed by atoms with E-state index < -0.39 is 0 Å². The number of nitrogens with one attached hydrogen (secondary N) is 2. The molecule has 1 aromatic carbocycles. The first-order valence-electron chi connectivity index (χ1n) is 9.26. The van der Waals surface area contributed by atoms with Crippen molar-refractivity contribution >= 4 is 11.8 Å². The molecule has 0 saturated carbocycles. The minimum Gasteiger partial charge on any atom is -0.363 e. The molecule has 0 saturated heterocycles. The third-order valence-electron chi connectivity index (χ3n) is 4.41. The fourth-order valence-electron chi connectivity index (χ4n) is 2.85. The van der Waals surface area contributed by atoms with Crippen molar-refractivity contribution in [2.75, 3.05) is 26.0 Å². The molecule has 0 radical (unpaired) electrons. The van der Waals surface area contributed by atoms with E-state index in [1.807, 2.05) is 48.2 Å². The normalized spacial score (nSPS) is 11.3. The lowest BCUT2D eigenvalue weighted by molar-refractivity contribution is 0.677. The van der Waals surface area contributed by atoms with Gasteiger partial charge in [0.2, 0.25) is 0 Å². The van der Waals surface area contributed by atoms with E-state index in [1.165, 1.54) is 11.1 Å². The lowest BCUT2D eigenvalue weighted by atomic mass is 10.1. The van der Waals surface area contributed by atoms with E-state index >= 15 is 0 Å². The van der Waals surface area contributed by atoms with Gasteiger partial charge in [0.15, 0.2) is 5.96 Å². The molecule has 0 bridgehead atoms. The van der Waals surface area contributed by atoms with E-state index in [0.717, 1.165) is 23.9 Å². The summed E-state index contributed by atoms with van der Waals surface area (Å²) in [6.45, 7) is 2.12. The summed E-state index contributed by atoms with van der Waals surface area (Å²) in [4.78, 5) is 10.7. The predicted octanol–water partition coefficient (Wildman–Crippen LogP) is 2.26. The van der Waals surface area contributed by atoms with Crippen molar-refractivity contribution in [3.05, 3.63) is 77.7 Å². The van der Waals surface area contributed by atoms with E-state index in [0.29, 0.717) is 13.1 Å². The van der Waals surface area contributed by atoms with E-state index in [2.05, 4.69) is 56.0 Å². The molecule has 0 unspecified atom stereocenters. The zero-order valence-electron chi connectivity index (χ0n) is 16.6. The van der Waals surface area contributed by atoms with Gasteiger partial charge in [-0.25, -0.2) is 4.98 Å². The van der Waals surface area contributed by atoms with Crippen molar-refractivity contribution in [1.82, 2.24) is 25.4 Å². The Balaban J connectivity index is 1.58. The van der Waals surface area contributed by atoms with Crippen molar-refractivity contribution < 1.29 is 0 Å². The molecule has 3 aromatic rings. The average Bonchev–Trinajstić information content (AvgIpc) is 3.22. The Morgan fingerprint density at radius 2 is 1.82 bits per heavy atom. The van der Waals surface area contributed by atoms with Gasteiger partial charge in [-0.2, -0.15) is 5.10 Å².